The molecule has 0 aliphatic carbocycles. The summed E-state index contributed by atoms with van der Waals surface area (Å²) >= 11 is 0. The summed E-state index contributed by atoms with van der Waals surface area (Å²) in [5.41, 5.74) is 0. The van der Waals surface area contributed by atoms with E-state index in [0.717, 1.165) is 13.1 Å². The van der Waals surface area contributed by atoms with Gasteiger partial charge in [-0.1, -0.05) is 6.92 Å². The molecule has 0 amide bonds. The summed E-state index contributed by atoms with van der Waals surface area (Å²) in [4.78, 5) is 0. The molecule has 14 heavy (non-hydrogen) atoms. The van der Waals surface area contributed by atoms with Crippen molar-refractivity contribution in [2.24, 2.45) is 5.92 Å². The lowest BCUT2D eigenvalue weighted by atomic mass is 10.1. The third-order valence-corrected chi connectivity index (χ3v) is 4.86. The van der Waals surface area contributed by atoms with Crippen LogP contribution < -0.4 is 10.0 Å². The van der Waals surface area contributed by atoms with Crippen molar-refractivity contribution in [3.05, 3.63) is 0 Å². The second-order valence-electron chi connectivity index (χ2n) is 4.98. The van der Waals surface area contributed by atoms with E-state index in [0.29, 0.717) is 5.92 Å². The summed E-state index contributed by atoms with van der Waals surface area (Å²) < 4.78 is 25.7. The lowest BCUT2D eigenvalue weighted by Crippen LogP contribution is -2.47. The number of nitrogens with one attached hydrogen (secondary N) is 2. The first kappa shape index (κ1) is 11.9. The summed E-state index contributed by atoms with van der Waals surface area (Å²) in [6.45, 7) is 8.80. The van der Waals surface area contributed by atoms with Crippen LogP contribution in [0.15, 0.2) is 0 Å². The van der Waals surface area contributed by atoms with Crippen molar-refractivity contribution in [3.8, 4) is 0 Å². The van der Waals surface area contributed by atoms with E-state index < -0.39 is 14.8 Å². The quantitative estimate of drug-likeness (QED) is 0.704. The van der Waals surface area contributed by atoms with Gasteiger partial charge in [0.05, 0.1) is 4.75 Å². The molecule has 2 atom stereocenters. The average molecular weight is 220 g/mol. The molecule has 84 valence electrons. The molecule has 0 aromatic carbocycles. The zero-order chi connectivity index (χ0) is 11.0. The smallest absolute Gasteiger partial charge is 0.216 e. The van der Waals surface area contributed by atoms with E-state index in [-0.39, 0.29) is 6.04 Å². The maximum Gasteiger partial charge on any atom is 0.216 e. The molecular weight excluding hydrogens is 200 g/mol. The van der Waals surface area contributed by atoms with Gasteiger partial charge in [-0.05, 0) is 33.2 Å². The molecule has 0 aromatic heterocycles. The Morgan fingerprint density at radius 3 is 2.21 bits per heavy atom. The zero-order valence-corrected chi connectivity index (χ0v) is 10.1. The molecule has 1 heterocycles. The molecule has 0 saturated carbocycles. The van der Waals surface area contributed by atoms with Gasteiger partial charge in [-0.2, -0.15) is 0 Å². The minimum Gasteiger partial charge on any atom is -0.315 e. The summed E-state index contributed by atoms with van der Waals surface area (Å²) in [6.07, 6.45) is 0. The van der Waals surface area contributed by atoms with Crippen molar-refractivity contribution in [1.82, 2.24) is 10.0 Å². The molecule has 1 fully saturated rings. The molecule has 0 bridgehead atoms. The third-order valence-electron chi connectivity index (χ3n) is 2.63. The van der Waals surface area contributed by atoms with Crippen LogP contribution in [0.1, 0.15) is 27.7 Å². The summed E-state index contributed by atoms with van der Waals surface area (Å²) in [5.74, 6) is 0.368. The molecule has 2 unspecified atom stereocenters. The molecule has 4 nitrogen and oxygen atoms in total. The second-order valence-corrected chi connectivity index (χ2v) is 7.44. The Kier molecular flexibility index (Phi) is 3.23. The molecule has 1 aliphatic rings. The van der Waals surface area contributed by atoms with E-state index in [1.807, 2.05) is 0 Å². The van der Waals surface area contributed by atoms with E-state index >= 15 is 0 Å². The number of rotatable bonds is 2. The first-order chi connectivity index (χ1) is 6.24. The minimum atomic E-state index is -3.20. The SMILES string of the molecule is CC1CNCC1NS(=O)(=O)C(C)(C)C. The number of hydrogen-bond donors (Lipinski definition) is 2. The van der Waals surface area contributed by atoms with Crippen LogP contribution in [0, 0.1) is 5.92 Å². The Hall–Kier alpha value is -0.130. The lowest BCUT2D eigenvalue weighted by Gasteiger charge is -2.24. The van der Waals surface area contributed by atoms with Crippen LogP contribution in [-0.4, -0.2) is 32.3 Å². The fourth-order valence-corrected chi connectivity index (χ4v) is 2.41. The van der Waals surface area contributed by atoms with Crippen LogP contribution >= 0.6 is 0 Å². The van der Waals surface area contributed by atoms with E-state index in [1.54, 1.807) is 20.8 Å². The van der Waals surface area contributed by atoms with Crippen LogP contribution in [0.5, 0.6) is 0 Å². The van der Waals surface area contributed by atoms with E-state index in [9.17, 15) is 8.42 Å². The number of sulfonamides is 1. The van der Waals surface area contributed by atoms with Crippen molar-refractivity contribution in [2.75, 3.05) is 13.1 Å². The fourth-order valence-electron chi connectivity index (χ4n) is 1.34. The van der Waals surface area contributed by atoms with E-state index in [2.05, 4.69) is 17.0 Å². The standard InChI is InChI=1S/C9H20N2O2S/c1-7-5-10-6-8(7)11-14(12,13)9(2,3)4/h7-8,10-11H,5-6H2,1-4H3. The van der Waals surface area contributed by atoms with Crippen molar-refractivity contribution in [3.63, 3.8) is 0 Å². The van der Waals surface area contributed by atoms with E-state index in [4.69, 9.17) is 0 Å². The molecular formula is C9H20N2O2S. The monoisotopic (exact) mass is 220 g/mol. The van der Waals surface area contributed by atoms with Gasteiger partial charge in [-0.3, -0.25) is 0 Å². The van der Waals surface area contributed by atoms with Gasteiger partial charge in [0.2, 0.25) is 10.0 Å². The third kappa shape index (κ3) is 2.46. The summed E-state index contributed by atoms with van der Waals surface area (Å²) in [6, 6.07) is 0.0409. The Bertz CT molecular complexity index is 292. The first-order valence-corrected chi connectivity index (χ1v) is 6.45. The van der Waals surface area contributed by atoms with Gasteiger partial charge in [0, 0.05) is 12.6 Å². The Morgan fingerprint density at radius 1 is 1.29 bits per heavy atom. The van der Waals surface area contributed by atoms with Gasteiger partial charge in [0.15, 0.2) is 0 Å². The normalized spacial score (nSPS) is 29.4. The Morgan fingerprint density at radius 2 is 1.86 bits per heavy atom. The maximum atomic E-state index is 11.8. The highest BCUT2D eigenvalue weighted by atomic mass is 32.2. The number of hydrogen-bond acceptors (Lipinski definition) is 3. The first-order valence-electron chi connectivity index (χ1n) is 4.96. The summed E-state index contributed by atoms with van der Waals surface area (Å²) in [7, 11) is -3.20. The topological polar surface area (TPSA) is 58.2 Å². The largest absolute Gasteiger partial charge is 0.315 e. The van der Waals surface area contributed by atoms with Gasteiger partial charge in [-0.15, -0.1) is 0 Å². The van der Waals surface area contributed by atoms with Gasteiger partial charge < -0.3 is 5.32 Å². The molecule has 0 aromatic rings. The fraction of sp³-hybridized carbons (Fsp3) is 1.00. The van der Waals surface area contributed by atoms with Crippen LogP contribution in [0.4, 0.5) is 0 Å². The zero-order valence-electron chi connectivity index (χ0n) is 9.29. The highest BCUT2D eigenvalue weighted by molar-refractivity contribution is 7.90. The predicted octanol–water partition coefficient (Wildman–Crippen LogP) is 0.312. The van der Waals surface area contributed by atoms with Crippen molar-refractivity contribution < 1.29 is 8.42 Å². The van der Waals surface area contributed by atoms with Crippen LogP contribution in [-0.2, 0) is 10.0 Å². The highest BCUT2D eigenvalue weighted by Crippen LogP contribution is 2.17. The minimum absolute atomic E-state index is 0.0409. The summed E-state index contributed by atoms with van der Waals surface area (Å²) in [5, 5.41) is 3.17. The van der Waals surface area contributed by atoms with Crippen molar-refractivity contribution >= 4 is 10.0 Å². The van der Waals surface area contributed by atoms with Gasteiger partial charge in [0.25, 0.3) is 0 Å². The molecule has 0 radical (unpaired) electrons. The maximum absolute atomic E-state index is 11.8. The average Bonchev–Trinajstić information content (AvgIpc) is 2.33. The molecule has 1 saturated heterocycles. The van der Waals surface area contributed by atoms with Crippen LogP contribution in [0.2, 0.25) is 0 Å². The van der Waals surface area contributed by atoms with Crippen LogP contribution in [0.25, 0.3) is 0 Å². The Labute approximate surface area is 86.5 Å². The molecule has 0 spiro atoms. The van der Waals surface area contributed by atoms with E-state index in [1.165, 1.54) is 0 Å². The van der Waals surface area contributed by atoms with Crippen molar-refractivity contribution in [1.29, 1.82) is 0 Å². The molecule has 1 aliphatic heterocycles. The van der Waals surface area contributed by atoms with Gasteiger partial charge in [0.1, 0.15) is 0 Å². The van der Waals surface area contributed by atoms with Crippen molar-refractivity contribution in [2.45, 2.75) is 38.5 Å². The second kappa shape index (κ2) is 3.79. The highest BCUT2D eigenvalue weighted by Gasteiger charge is 2.34. The van der Waals surface area contributed by atoms with Gasteiger partial charge >= 0.3 is 0 Å². The van der Waals surface area contributed by atoms with Crippen LogP contribution in [0.3, 0.4) is 0 Å². The molecule has 5 heteroatoms. The molecule has 2 N–H and O–H groups in total. The Balaban J connectivity index is 2.69. The predicted molar refractivity (Wildman–Crippen MR) is 57.6 cm³/mol. The lowest BCUT2D eigenvalue weighted by molar-refractivity contribution is 0.486. The van der Waals surface area contributed by atoms with Gasteiger partial charge in [-0.25, -0.2) is 13.1 Å². The molecule has 1 rings (SSSR count).